The molecule has 0 N–H and O–H groups in total. The topological polar surface area (TPSA) is 25.4 Å². The summed E-state index contributed by atoms with van der Waals surface area (Å²) in [7, 11) is 0. The Hall–Kier alpha value is -3.14. The lowest BCUT2D eigenvalue weighted by Crippen LogP contribution is -2.21. The van der Waals surface area contributed by atoms with Gasteiger partial charge in [0, 0.05) is 17.0 Å². The van der Waals surface area contributed by atoms with Gasteiger partial charge in [0.15, 0.2) is 0 Å². The number of rotatable bonds is 7. The Kier molecular flexibility index (Phi) is 6.71. The molecule has 1 aliphatic rings. The number of ether oxygens (including phenoxy) is 1. The molecule has 4 heteroatoms. The van der Waals surface area contributed by atoms with Crippen LogP contribution in [0.3, 0.4) is 0 Å². The Morgan fingerprint density at radius 2 is 1.64 bits per heavy atom. The SMILES string of the molecule is Clc1ccc(/C=C(/CN2CCCC2)c2ccc(OCc3ccc4ccccc4n3)cc2)cc1. The highest BCUT2D eigenvalue weighted by atomic mass is 35.5. The maximum Gasteiger partial charge on any atom is 0.130 e. The van der Waals surface area contributed by atoms with Crippen LogP contribution in [0, 0.1) is 0 Å². The molecule has 3 aromatic carbocycles. The highest BCUT2D eigenvalue weighted by Crippen LogP contribution is 2.25. The Morgan fingerprint density at radius 1 is 0.879 bits per heavy atom. The molecule has 0 spiro atoms. The smallest absolute Gasteiger partial charge is 0.130 e. The minimum atomic E-state index is 0.450. The van der Waals surface area contributed by atoms with Crippen LogP contribution in [0.25, 0.3) is 22.6 Å². The zero-order valence-electron chi connectivity index (χ0n) is 18.6. The van der Waals surface area contributed by atoms with Crippen molar-refractivity contribution in [1.29, 1.82) is 0 Å². The van der Waals surface area contributed by atoms with Crippen LogP contribution in [-0.2, 0) is 6.61 Å². The van der Waals surface area contributed by atoms with Crippen molar-refractivity contribution in [2.24, 2.45) is 0 Å². The van der Waals surface area contributed by atoms with Crippen molar-refractivity contribution in [2.45, 2.75) is 19.4 Å². The summed E-state index contributed by atoms with van der Waals surface area (Å²) in [6.07, 6.45) is 4.83. The number of aromatic nitrogens is 1. The summed E-state index contributed by atoms with van der Waals surface area (Å²) >= 11 is 6.08. The van der Waals surface area contributed by atoms with Crippen LogP contribution in [0.5, 0.6) is 5.75 Å². The third-order valence-corrected chi connectivity index (χ3v) is 6.32. The van der Waals surface area contributed by atoms with Gasteiger partial charge in [-0.1, -0.05) is 60.1 Å². The lowest BCUT2D eigenvalue weighted by atomic mass is 10.0. The standard InChI is InChI=1S/C29H27ClN2O/c30-26-12-7-22(8-13-26)19-25(20-32-17-3-4-18-32)23-10-15-28(16-11-23)33-21-27-14-9-24-5-1-2-6-29(24)31-27/h1-2,5-16,19H,3-4,17-18,20-21H2/b25-19-. The van der Waals surface area contributed by atoms with Crippen molar-refractivity contribution >= 4 is 34.2 Å². The predicted molar refractivity (Wildman–Crippen MR) is 138 cm³/mol. The van der Waals surface area contributed by atoms with Crippen molar-refractivity contribution < 1.29 is 4.74 Å². The fraction of sp³-hybridized carbons (Fsp3) is 0.207. The lowest BCUT2D eigenvalue weighted by molar-refractivity contribution is 0.302. The Bertz CT molecular complexity index is 1240. The molecular formula is C29H27ClN2O. The zero-order valence-corrected chi connectivity index (χ0v) is 19.3. The van der Waals surface area contributed by atoms with Crippen LogP contribution >= 0.6 is 11.6 Å². The van der Waals surface area contributed by atoms with Gasteiger partial charge in [0.05, 0.1) is 11.2 Å². The quantitative estimate of drug-likeness (QED) is 0.278. The van der Waals surface area contributed by atoms with Crippen molar-refractivity contribution in [1.82, 2.24) is 9.88 Å². The molecule has 0 amide bonds. The fourth-order valence-electron chi connectivity index (χ4n) is 4.27. The molecule has 0 atom stereocenters. The number of benzene rings is 3. The van der Waals surface area contributed by atoms with E-state index in [4.69, 9.17) is 21.3 Å². The maximum absolute atomic E-state index is 6.08. The highest BCUT2D eigenvalue weighted by molar-refractivity contribution is 6.30. The van der Waals surface area contributed by atoms with Gasteiger partial charge in [-0.05, 0) is 85.1 Å². The second-order valence-electron chi connectivity index (χ2n) is 8.51. The lowest BCUT2D eigenvalue weighted by Gasteiger charge is -2.18. The third-order valence-electron chi connectivity index (χ3n) is 6.07. The number of halogens is 1. The zero-order chi connectivity index (χ0) is 22.5. The van der Waals surface area contributed by atoms with Crippen molar-refractivity contribution in [3.05, 3.63) is 107 Å². The minimum Gasteiger partial charge on any atom is -0.487 e. The molecule has 33 heavy (non-hydrogen) atoms. The van der Waals surface area contributed by atoms with Gasteiger partial charge in [-0.3, -0.25) is 4.90 Å². The molecule has 0 bridgehead atoms. The van der Waals surface area contributed by atoms with Gasteiger partial charge in [-0.2, -0.15) is 0 Å². The molecule has 1 aromatic heterocycles. The van der Waals surface area contributed by atoms with E-state index in [0.29, 0.717) is 6.61 Å². The summed E-state index contributed by atoms with van der Waals surface area (Å²) in [6, 6.07) is 28.7. The largest absolute Gasteiger partial charge is 0.487 e. The molecule has 0 unspecified atom stereocenters. The molecule has 2 heterocycles. The van der Waals surface area contributed by atoms with Crippen LogP contribution in [0.2, 0.25) is 5.02 Å². The van der Waals surface area contributed by atoms with E-state index in [9.17, 15) is 0 Å². The summed E-state index contributed by atoms with van der Waals surface area (Å²) in [5.41, 5.74) is 5.61. The Balaban J connectivity index is 1.31. The van der Waals surface area contributed by atoms with Crippen LogP contribution in [0.1, 0.15) is 29.7 Å². The Morgan fingerprint density at radius 3 is 2.42 bits per heavy atom. The van der Waals surface area contributed by atoms with E-state index >= 15 is 0 Å². The molecule has 3 nitrogen and oxygen atoms in total. The number of likely N-dealkylation sites (tertiary alicyclic amines) is 1. The van der Waals surface area contributed by atoms with E-state index in [1.165, 1.54) is 24.0 Å². The maximum atomic E-state index is 6.08. The molecule has 1 fully saturated rings. The third kappa shape index (κ3) is 5.62. The number of hydrogen-bond acceptors (Lipinski definition) is 3. The van der Waals surface area contributed by atoms with E-state index in [2.05, 4.69) is 59.5 Å². The first-order valence-electron chi connectivity index (χ1n) is 11.5. The van der Waals surface area contributed by atoms with E-state index in [0.717, 1.165) is 52.6 Å². The van der Waals surface area contributed by atoms with Gasteiger partial charge < -0.3 is 4.74 Å². The first-order chi connectivity index (χ1) is 16.2. The molecule has 0 radical (unpaired) electrons. The summed E-state index contributed by atoms with van der Waals surface area (Å²) in [5, 5.41) is 1.90. The van der Waals surface area contributed by atoms with Gasteiger partial charge in [0.25, 0.3) is 0 Å². The molecule has 5 rings (SSSR count). The van der Waals surface area contributed by atoms with Gasteiger partial charge in [0.1, 0.15) is 12.4 Å². The van der Waals surface area contributed by atoms with E-state index in [1.807, 2.05) is 36.4 Å². The van der Waals surface area contributed by atoms with Gasteiger partial charge in [0.2, 0.25) is 0 Å². The van der Waals surface area contributed by atoms with E-state index in [-0.39, 0.29) is 0 Å². The monoisotopic (exact) mass is 454 g/mol. The van der Waals surface area contributed by atoms with E-state index < -0.39 is 0 Å². The molecule has 4 aromatic rings. The summed E-state index contributed by atoms with van der Waals surface area (Å²) in [4.78, 5) is 7.22. The van der Waals surface area contributed by atoms with Gasteiger partial charge in [-0.25, -0.2) is 4.98 Å². The summed E-state index contributed by atoms with van der Waals surface area (Å²) < 4.78 is 6.03. The molecule has 0 aliphatic carbocycles. The summed E-state index contributed by atoms with van der Waals surface area (Å²) in [5.74, 6) is 0.848. The number of hydrogen-bond donors (Lipinski definition) is 0. The number of fused-ring (bicyclic) bond motifs is 1. The van der Waals surface area contributed by atoms with Gasteiger partial charge in [-0.15, -0.1) is 0 Å². The molecule has 166 valence electrons. The molecule has 1 saturated heterocycles. The number of pyridine rings is 1. The van der Waals surface area contributed by atoms with Crippen LogP contribution < -0.4 is 4.74 Å². The first-order valence-corrected chi connectivity index (χ1v) is 11.9. The average Bonchev–Trinajstić information content (AvgIpc) is 3.37. The minimum absolute atomic E-state index is 0.450. The van der Waals surface area contributed by atoms with Gasteiger partial charge >= 0.3 is 0 Å². The average molecular weight is 455 g/mol. The fourth-order valence-corrected chi connectivity index (χ4v) is 4.40. The number of nitrogens with zero attached hydrogens (tertiary/aromatic N) is 2. The molecule has 1 aliphatic heterocycles. The highest BCUT2D eigenvalue weighted by Gasteiger charge is 2.14. The Labute approximate surface area is 200 Å². The molecule has 0 saturated carbocycles. The second-order valence-corrected chi connectivity index (χ2v) is 8.95. The second kappa shape index (κ2) is 10.2. The van der Waals surface area contributed by atoms with Crippen molar-refractivity contribution in [3.8, 4) is 5.75 Å². The van der Waals surface area contributed by atoms with Crippen LogP contribution in [0.15, 0.2) is 84.9 Å². The van der Waals surface area contributed by atoms with Crippen LogP contribution in [0.4, 0.5) is 0 Å². The van der Waals surface area contributed by atoms with Crippen LogP contribution in [-0.4, -0.2) is 29.5 Å². The predicted octanol–water partition coefficient (Wildman–Crippen LogP) is 7.10. The summed E-state index contributed by atoms with van der Waals surface area (Å²) in [6.45, 7) is 3.73. The molecular weight excluding hydrogens is 428 g/mol. The number of para-hydroxylation sites is 1. The normalized spacial score (nSPS) is 14.6. The first kappa shape index (κ1) is 21.7. The van der Waals surface area contributed by atoms with Crippen molar-refractivity contribution in [2.75, 3.05) is 19.6 Å². The van der Waals surface area contributed by atoms with Crippen molar-refractivity contribution in [3.63, 3.8) is 0 Å². The van der Waals surface area contributed by atoms with E-state index in [1.54, 1.807) is 0 Å².